The molecule has 0 saturated carbocycles. The summed E-state index contributed by atoms with van der Waals surface area (Å²) in [7, 11) is 0. The van der Waals surface area contributed by atoms with Crippen LogP contribution < -0.4 is 10.2 Å². The highest BCUT2D eigenvalue weighted by molar-refractivity contribution is 5.76. The number of carbonyl (C=O) groups is 1. The molecule has 2 aromatic heterocycles. The Balaban J connectivity index is 1.42. The monoisotopic (exact) mass is 372 g/mol. The van der Waals surface area contributed by atoms with Gasteiger partial charge in [-0.25, -0.2) is 9.97 Å². The van der Waals surface area contributed by atoms with Crippen molar-refractivity contribution in [1.29, 1.82) is 0 Å². The molecule has 0 aliphatic carbocycles. The number of hydrogen-bond acceptors (Lipinski definition) is 7. The van der Waals surface area contributed by atoms with Crippen LogP contribution in [0.4, 0.5) is 5.95 Å². The first-order valence-electron chi connectivity index (χ1n) is 9.56. The molecular weight excluding hydrogens is 344 g/mol. The zero-order valence-electron chi connectivity index (χ0n) is 16.3. The van der Waals surface area contributed by atoms with E-state index in [9.17, 15) is 4.79 Å². The molecule has 2 aromatic rings. The van der Waals surface area contributed by atoms with Crippen molar-refractivity contribution in [2.45, 2.75) is 64.3 Å². The number of piperidine rings is 1. The Morgan fingerprint density at radius 1 is 1.33 bits per heavy atom. The number of nitrogens with zero attached hydrogens (tertiary/aromatic N) is 5. The predicted molar refractivity (Wildman–Crippen MR) is 101 cm³/mol. The summed E-state index contributed by atoms with van der Waals surface area (Å²) >= 11 is 0. The number of aryl methyl sites for hydroxylation is 1. The fraction of sp³-hybridized carbons (Fsp3) is 0.632. The van der Waals surface area contributed by atoms with Crippen molar-refractivity contribution in [3.05, 3.63) is 30.2 Å². The maximum Gasteiger partial charge on any atom is 0.226 e. The fourth-order valence-corrected chi connectivity index (χ4v) is 3.09. The van der Waals surface area contributed by atoms with Gasteiger partial charge < -0.3 is 14.7 Å². The summed E-state index contributed by atoms with van der Waals surface area (Å²) in [6.07, 6.45) is 7.24. The van der Waals surface area contributed by atoms with E-state index in [2.05, 4.69) is 30.3 Å². The van der Waals surface area contributed by atoms with Crippen LogP contribution in [-0.4, -0.2) is 45.1 Å². The summed E-state index contributed by atoms with van der Waals surface area (Å²) < 4.78 is 5.27. The molecule has 1 aliphatic rings. The number of hydrogen-bond donors (Lipinski definition) is 1. The third-order valence-corrected chi connectivity index (χ3v) is 4.55. The summed E-state index contributed by atoms with van der Waals surface area (Å²) in [4.78, 5) is 27.4. The van der Waals surface area contributed by atoms with Crippen molar-refractivity contribution in [3.8, 4) is 0 Å². The first-order chi connectivity index (χ1) is 12.9. The molecular formula is C19H28N6O2. The van der Waals surface area contributed by atoms with Gasteiger partial charge in [-0.1, -0.05) is 25.9 Å². The van der Waals surface area contributed by atoms with E-state index >= 15 is 0 Å². The van der Waals surface area contributed by atoms with E-state index in [0.29, 0.717) is 31.0 Å². The van der Waals surface area contributed by atoms with Crippen LogP contribution >= 0.6 is 0 Å². The highest BCUT2D eigenvalue weighted by Gasteiger charge is 2.23. The second-order valence-electron chi connectivity index (χ2n) is 8.02. The van der Waals surface area contributed by atoms with Gasteiger partial charge in [0.05, 0.1) is 0 Å². The number of nitrogens with one attached hydrogen (secondary N) is 1. The minimum atomic E-state index is -0.131. The quantitative estimate of drug-likeness (QED) is 0.830. The van der Waals surface area contributed by atoms with Crippen molar-refractivity contribution in [3.63, 3.8) is 0 Å². The molecule has 0 radical (unpaired) electrons. The first kappa shape index (κ1) is 19.3. The molecule has 8 nitrogen and oxygen atoms in total. The van der Waals surface area contributed by atoms with E-state index < -0.39 is 0 Å². The largest absolute Gasteiger partial charge is 0.352 e. The van der Waals surface area contributed by atoms with Gasteiger partial charge in [-0.3, -0.25) is 4.79 Å². The Morgan fingerprint density at radius 3 is 2.81 bits per heavy atom. The lowest BCUT2D eigenvalue weighted by Gasteiger charge is -2.33. The van der Waals surface area contributed by atoms with Gasteiger partial charge in [-0.05, 0) is 25.3 Å². The van der Waals surface area contributed by atoms with Crippen LogP contribution in [-0.2, 0) is 16.6 Å². The lowest BCUT2D eigenvalue weighted by molar-refractivity contribution is -0.121. The lowest BCUT2D eigenvalue weighted by atomic mass is 9.96. The van der Waals surface area contributed by atoms with Gasteiger partial charge in [0.2, 0.25) is 17.7 Å². The third kappa shape index (κ3) is 5.48. The van der Waals surface area contributed by atoms with Crippen LogP contribution in [0.2, 0.25) is 0 Å². The van der Waals surface area contributed by atoms with Crippen molar-refractivity contribution in [1.82, 2.24) is 25.4 Å². The minimum Gasteiger partial charge on any atom is -0.352 e. The van der Waals surface area contributed by atoms with Gasteiger partial charge in [0, 0.05) is 49.8 Å². The van der Waals surface area contributed by atoms with Crippen LogP contribution in [0.5, 0.6) is 0 Å². The molecule has 1 amide bonds. The van der Waals surface area contributed by atoms with Crippen LogP contribution in [0.15, 0.2) is 23.0 Å². The smallest absolute Gasteiger partial charge is 0.226 e. The molecule has 146 valence electrons. The minimum absolute atomic E-state index is 0.0615. The summed E-state index contributed by atoms with van der Waals surface area (Å²) in [6.45, 7) is 7.80. The molecule has 1 saturated heterocycles. The second-order valence-corrected chi connectivity index (χ2v) is 8.02. The summed E-state index contributed by atoms with van der Waals surface area (Å²) in [5.74, 6) is 2.08. The van der Waals surface area contributed by atoms with Gasteiger partial charge in [-0.2, -0.15) is 4.98 Å². The molecule has 3 rings (SSSR count). The standard InChI is InChI=1S/C19H28N6O2/c1-19(2,3)17-23-16(27-24-17)9-4-8-15(26)22-14-7-5-12-25(13-14)18-20-10-6-11-21-18/h6,10-11,14H,4-5,7-9,12-13H2,1-3H3,(H,22,26). The second kappa shape index (κ2) is 8.45. The molecule has 0 bridgehead atoms. The van der Waals surface area contributed by atoms with E-state index in [1.807, 2.05) is 20.8 Å². The lowest BCUT2D eigenvalue weighted by Crippen LogP contribution is -2.48. The topological polar surface area (TPSA) is 97.0 Å². The average molecular weight is 372 g/mol. The molecule has 1 atom stereocenters. The molecule has 27 heavy (non-hydrogen) atoms. The van der Waals surface area contributed by atoms with E-state index in [1.54, 1.807) is 18.5 Å². The van der Waals surface area contributed by atoms with Crippen molar-refractivity contribution in [2.24, 2.45) is 0 Å². The highest BCUT2D eigenvalue weighted by atomic mass is 16.5. The van der Waals surface area contributed by atoms with Gasteiger partial charge >= 0.3 is 0 Å². The first-order valence-corrected chi connectivity index (χ1v) is 9.56. The molecule has 8 heteroatoms. The highest BCUT2D eigenvalue weighted by Crippen LogP contribution is 2.19. The van der Waals surface area contributed by atoms with E-state index in [0.717, 1.165) is 31.9 Å². The normalized spacial score (nSPS) is 17.7. The zero-order valence-corrected chi connectivity index (χ0v) is 16.3. The molecule has 1 N–H and O–H groups in total. The third-order valence-electron chi connectivity index (χ3n) is 4.55. The fourth-order valence-electron chi connectivity index (χ4n) is 3.09. The van der Waals surface area contributed by atoms with Gasteiger partial charge in [0.15, 0.2) is 5.82 Å². The zero-order chi connectivity index (χ0) is 19.3. The summed E-state index contributed by atoms with van der Waals surface area (Å²) in [5.41, 5.74) is -0.131. The van der Waals surface area contributed by atoms with Gasteiger partial charge in [0.1, 0.15) is 0 Å². The SMILES string of the molecule is CC(C)(C)c1noc(CCCC(=O)NC2CCCN(c3ncccn3)C2)n1. The van der Waals surface area contributed by atoms with Crippen molar-refractivity contribution < 1.29 is 9.32 Å². The summed E-state index contributed by atoms with van der Waals surface area (Å²) in [5, 5.41) is 7.14. The molecule has 0 spiro atoms. The number of amides is 1. The Bertz CT molecular complexity index is 740. The maximum absolute atomic E-state index is 12.3. The van der Waals surface area contributed by atoms with Crippen LogP contribution in [0.25, 0.3) is 0 Å². The Hall–Kier alpha value is -2.51. The Kier molecular flexibility index (Phi) is 6.03. The van der Waals surface area contributed by atoms with Crippen molar-refractivity contribution in [2.75, 3.05) is 18.0 Å². The number of rotatable bonds is 6. The molecule has 3 heterocycles. The Labute approximate surface area is 159 Å². The van der Waals surface area contributed by atoms with E-state index in [1.165, 1.54) is 0 Å². The number of aromatic nitrogens is 4. The van der Waals surface area contributed by atoms with E-state index in [4.69, 9.17) is 4.52 Å². The average Bonchev–Trinajstić information content (AvgIpc) is 3.12. The molecule has 1 unspecified atom stereocenters. The van der Waals surface area contributed by atoms with Gasteiger partial charge in [0.25, 0.3) is 0 Å². The predicted octanol–water partition coefficient (Wildman–Crippen LogP) is 2.27. The maximum atomic E-state index is 12.3. The van der Waals surface area contributed by atoms with Gasteiger partial charge in [-0.15, -0.1) is 0 Å². The number of carbonyl (C=O) groups excluding carboxylic acids is 1. The summed E-state index contributed by atoms with van der Waals surface area (Å²) in [6, 6.07) is 1.94. The van der Waals surface area contributed by atoms with Crippen molar-refractivity contribution >= 4 is 11.9 Å². The molecule has 1 fully saturated rings. The Morgan fingerprint density at radius 2 is 2.11 bits per heavy atom. The van der Waals surface area contributed by atoms with Crippen LogP contribution in [0, 0.1) is 0 Å². The van der Waals surface area contributed by atoms with Crippen LogP contribution in [0.1, 0.15) is 58.2 Å². The van der Waals surface area contributed by atoms with Crippen LogP contribution in [0.3, 0.4) is 0 Å². The van der Waals surface area contributed by atoms with E-state index in [-0.39, 0.29) is 17.4 Å². The molecule has 1 aliphatic heterocycles. The number of anilines is 1. The molecule has 0 aromatic carbocycles.